The smallest absolute Gasteiger partial charge is 0.306 e. The number of rotatable bonds is 5. The molecule has 0 radical (unpaired) electrons. The number of ether oxygens (including phenoxy) is 1. The summed E-state index contributed by atoms with van der Waals surface area (Å²) >= 11 is 0. The summed E-state index contributed by atoms with van der Waals surface area (Å²) in [6.45, 7) is 0. The Morgan fingerprint density at radius 2 is 1.52 bits per heavy atom. The molecule has 0 aliphatic heterocycles. The second-order valence-electron chi connectivity index (χ2n) is 9.11. The van der Waals surface area contributed by atoms with Gasteiger partial charge in [-0.05, 0) is 68.6 Å². The zero-order valence-corrected chi connectivity index (χ0v) is 14.7. The zero-order chi connectivity index (χ0) is 17.0. The predicted molar refractivity (Wildman–Crippen MR) is 94.0 cm³/mol. The van der Waals surface area contributed by atoms with Gasteiger partial charge in [0.15, 0.2) is 5.78 Å². The molecule has 6 rings (SSSR count). The third-order valence-corrected chi connectivity index (χ3v) is 7.06. The van der Waals surface area contributed by atoms with Crippen molar-refractivity contribution in [3.05, 3.63) is 35.9 Å². The van der Waals surface area contributed by atoms with Gasteiger partial charge >= 0.3 is 5.97 Å². The van der Waals surface area contributed by atoms with E-state index < -0.39 is 0 Å². The van der Waals surface area contributed by atoms with E-state index in [1.807, 2.05) is 30.3 Å². The van der Waals surface area contributed by atoms with Crippen molar-refractivity contribution in [3.63, 3.8) is 0 Å². The van der Waals surface area contributed by atoms with Crippen molar-refractivity contribution in [2.24, 2.45) is 29.6 Å². The normalized spacial score (nSPS) is 40.7. The van der Waals surface area contributed by atoms with Crippen LogP contribution in [0.3, 0.4) is 0 Å². The van der Waals surface area contributed by atoms with Gasteiger partial charge in [-0.1, -0.05) is 30.3 Å². The molecule has 2 atom stereocenters. The number of carbonyl (C=O) groups excluding carboxylic acids is 2. The molecule has 5 saturated carbocycles. The molecule has 0 unspecified atom stereocenters. The van der Waals surface area contributed by atoms with E-state index in [-0.39, 0.29) is 29.2 Å². The lowest BCUT2D eigenvalue weighted by molar-refractivity contribution is -0.187. The number of esters is 1. The Morgan fingerprint density at radius 1 is 0.920 bits per heavy atom. The van der Waals surface area contributed by atoms with Crippen LogP contribution in [0.15, 0.2) is 30.3 Å². The lowest BCUT2D eigenvalue weighted by Gasteiger charge is -2.55. The van der Waals surface area contributed by atoms with Crippen molar-refractivity contribution < 1.29 is 14.3 Å². The fraction of sp³-hybridized carbons (Fsp3) is 0.636. The van der Waals surface area contributed by atoms with Gasteiger partial charge in [0.05, 0.1) is 0 Å². The highest BCUT2D eigenvalue weighted by Gasteiger charge is 2.53. The van der Waals surface area contributed by atoms with E-state index in [4.69, 9.17) is 4.74 Å². The minimum Gasteiger partial charge on any atom is -0.459 e. The molecule has 0 saturated heterocycles. The molecule has 0 spiro atoms. The first-order valence-corrected chi connectivity index (χ1v) is 9.91. The van der Waals surface area contributed by atoms with Gasteiger partial charge in [0.2, 0.25) is 0 Å². The summed E-state index contributed by atoms with van der Waals surface area (Å²) in [5.41, 5.74) is 0.615. The minimum atomic E-state index is -0.153. The summed E-state index contributed by atoms with van der Waals surface area (Å²) in [5, 5.41) is 0. The van der Waals surface area contributed by atoms with Crippen molar-refractivity contribution in [1.29, 1.82) is 0 Å². The van der Waals surface area contributed by atoms with Crippen LogP contribution in [-0.4, -0.2) is 17.4 Å². The maximum atomic E-state index is 12.5. The molecule has 0 aromatic heterocycles. The molecule has 0 N–H and O–H groups in total. The van der Waals surface area contributed by atoms with Gasteiger partial charge in [-0.25, -0.2) is 0 Å². The molecule has 3 nitrogen and oxygen atoms in total. The van der Waals surface area contributed by atoms with Crippen molar-refractivity contribution in [3.8, 4) is 0 Å². The van der Waals surface area contributed by atoms with E-state index in [1.165, 1.54) is 19.3 Å². The van der Waals surface area contributed by atoms with Crippen LogP contribution in [0.2, 0.25) is 0 Å². The van der Waals surface area contributed by atoms with E-state index in [2.05, 4.69) is 0 Å². The van der Waals surface area contributed by atoms with E-state index in [1.54, 1.807) is 0 Å². The molecular weight excluding hydrogens is 312 g/mol. The number of ketones is 1. The highest BCUT2D eigenvalue weighted by atomic mass is 16.6. The highest BCUT2D eigenvalue weighted by Crippen LogP contribution is 2.57. The van der Waals surface area contributed by atoms with Crippen LogP contribution in [0.5, 0.6) is 0 Å². The van der Waals surface area contributed by atoms with Crippen LogP contribution in [0, 0.1) is 29.6 Å². The quantitative estimate of drug-likeness (QED) is 0.590. The maximum Gasteiger partial charge on any atom is 0.306 e. The first-order chi connectivity index (χ1) is 12.1. The second kappa shape index (κ2) is 5.69. The summed E-state index contributed by atoms with van der Waals surface area (Å²) in [4.78, 5) is 25.0. The fourth-order valence-corrected chi connectivity index (χ4v) is 6.26. The molecule has 0 heterocycles. The number of hydrogen-bond donors (Lipinski definition) is 0. The average Bonchev–Trinajstić information content (AvgIpc) is 3.32. The first kappa shape index (κ1) is 15.6. The van der Waals surface area contributed by atoms with Crippen LogP contribution in [0.1, 0.15) is 61.7 Å². The van der Waals surface area contributed by atoms with Gasteiger partial charge in [0.1, 0.15) is 5.60 Å². The molecule has 132 valence electrons. The average molecular weight is 338 g/mol. The van der Waals surface area contributed by atoms with Crippen LogP contribution >= 0.6 is 0 Å². The van der Waals surface area contributed by atoms with Gasteiger partial charge in [0.25, 0.3) is 0 Å². The number of hydrogen-bond acceptors (Lipinski definition) is 3. The van der Waals surface area contributed by atoms with E-state index in [0.717, 1.165) is 49.0 Å². The zero-order valence-electron chi connectivity index (χ0n) is 14.7. The monoisotopic (exact) mass is 338 g/mol. The van der Waals surface area contributed by atoms with Crippen molar-refractivity contribution >= 4 is 11.8 Å². The molecule has 3 heteroatoms. The van der Waals surface area contributed by atoms with E-state index >= 15 is 0 Å². The molecular formula is C22H26O3. The van der Waals surface area contributed by atoms with Crippen LogP contribution in [-0.2, 0) is 9.53 Å². The number of carbonyl (C=O) groups is 2. The SMILES string of the molecule is O=C(C[C@H]1C[C@@H]1C(=O)c1ccccc1)OC12CC3CC(CC(C3)C1)C2. The Hall–Kier alpha value is -1.64. The summed E-state index contributed by atoms with van der Waals surface area (Å²) in [6, 6.07) is 9.44. The Labute approximate surface area is 149 Å². The summed E-state index contributed by atoms with van der Waals surface area (Å²) < 4.78 is 6.08. The summed E-state index contributed by atoms with van der Waals surface area (Å²) in [5.74, 6) is 2.69. The van der Waals surface area contributed by atoms with Crippen LogP contribution in [0.25, 0.3) is 0 Å². The fourth-order valence-electron chi connectivity index (χ4n) is 6.26. The Bertz CT molecular complexity index is 657. The third kappa shape index (κ3) is 2.92. The van der Waals surface area contributed by atoms with Crippen LogP contribution in [0.4, 0.5) is 0 Å². The molecule has 5 aliphatic carbocycles. The summed E-state index contributed by atoms with van der Waals surface area (Å²) in [7, 11) is 0. The van der Waals surface area contributed by atoms with Crippen molar-refractivity contribution in [2.45, 2.75) is 57.0 Å². The Balaban J connectivity index is 1.18. The Morgan fingerprint density at radius 3 is 2.12 bits per heavy atom. The molecule has 5 fully saturated rings. The lowest BCUT2D eigenvalue weighted by atomic mass is 9.54. The largest absolute Gasteiger partial charge is 0.459 e. The minimum absolute atomic E-state index is 0.0197. The second-order valence-corrected chi connectivity index (χ2v) is 9.11. The number of Topliss-reactive ketones (excluding diaryl/α,β-unsaturated/α-hetero) is 1. The lowest BCUT2D eigenvalue weighted by Crippen LogP contribution is -2.52. The van der Waals surface area contributed by atoms with Gasteiger partial charge in [-0.2, -0.15) is 0 Å². The highest BCUT2D eigenvalue weighted by molar-refractivity contribution is 5.99. The van der Waals surface area contributed by atoms with E-state index in [0.29, 0.717) is 6.42 Å². The van der Waals surface area contributed by atoms with Gasteiger partial charge in [-0.3, -0.25) is 9.59 Å². The first-order valence-electron chi connectivity index (χ1n) is 9.91. The number of benzene rings is 1. The van der Waals surface area contributed by atoms with Crippen molar-refractivity contribution in [2.75, 3.05) is 0 Å². The van der Waals surface area contributed by atoms with E-state index in [9.17, 15) is 9.59 Å². The summed E-state index contributed by atoms with van der Waals surface area (Å²) in [6.07, 6.45) is 8.58. The van der Waals surface area contributed by atoms with Gasteiger partial charge in [0, 0.05) is 17.9 Å². The third-order valence-electron chi connectivity index (χ3n) is 7.06. The Kier molecular flexibility index (Phi) is 3.55. The predicted octanol–water partition coefficient (Wildman–Crippen LogP) is 4.41. The molecule has 25 heavy (non-hydrogen) atoms. The standard InChI is InChI=1S/C22H26O3/c23-20(10-18-9-19(18)21(24)17-4-2-1-3-5-17)25-22-11-14-6-15(12-22)8-16(7-14)13-22/h1-5,14-16,18-19H,6-13H2/t14?,15?,16?,18-,19+,22?/m1/s1. The van der Waals surface area contributed by atoms with Gasteiger partial charge in [-0.15, -0.1) is 0 Å². The van der Waals surface area contributed by atoms with Crippen LogP contribution < -0.4 is 0 Å². The molecule has 1 aromatic carbocycles. The molecule has 5 aliphatic rings. The molecule has 4 bridgehead atoms. The molecule has 1 aromatic rings. The topological polar surface area (TPSA) is 43.4 Å². The maximum absolute atomic E-state index is 12.5. The van der Waals surface area contributed by atoms with Crippen molar-refractivity contribution in [1.82, 2.24) is 0 Å². The van der Waals surface area contributed by atoms with Gasteiger partial charge < -0.3 is 4.74 Å². The molecule has 0 amide bonds.